The Morgan fingerprint density at radius 1 is 1.21 bits per heavy atom. The molecular weight excluding hydrogens is 246 g/mol. The summed E-state index contributed by atoms with van der Waals surface area (Å²) in [5.41, 5.74) is 0.448. The second kappa shape index (κ2) is 5.93. The first-order valence-electron chi connectivity index (χ1n) is 6.35. The van der Waals surface area contributed by atoms with Crippen molar-refractivity contribution in [2.75, 3.05) is 27.3 Å². The third-order valence-corrected chi connectivity index (χ3v) is 3.39. The van der Waals surface area contributed by atoms with Crippen molar-refractivity contribution in [2.45, 2.75) is 18.9 Å². The molecular formula is C14H19NO4. The highest BCUT2D eigenvalue weighted by molar-refractivity contribution is 5.99. The maximum absolute atomic E-state index is 12.6. The van der Waals surface area contributed by atoms with Gasteiger partial charge in [0.05, 0.1) is 20.3 Å². The summed E-state index contributed by atoms with van der Waals surface area (Å²) in [5, 5.41) is 9.49. The number of methoxy groups -OCH3 is 2. The molecule has 1 heterocycles. The molecule has 1 fully saturated rings. The summed E-state index contributed by atoms with van der Waals surface area (Å²) < 4.78 is 10.5. The van der Waals surface area contributed by atoms with Gasteiger partial charge in [-0.05, 0) is 25.0 Å². The fourth-order valence-electron chi connectivity index (χ4n) is 2.29. The average Bonchev–Trinajstić information content (AvgIpc) is 2.46. The molecule has 0 aliphatic carbocycles. The molecule has 1 aliphatic rings. The number of aliphatic hydroxyl groups excluding tert-OH is 1. The zero-order chi connectivity index (χ0) is 13.8. The topological polar surface area (TPSA) is 59.0 Å². The predicted octanol–water partition coefficient (Wildman–Crippen LogP) is 1.30. The van der Waals surface area contributed by atoms with Crippen LogP contribution >= 0.6 is 0 Å². The van der Waals surface area contributed by atoms with Gasteiger partial charge in [-0.25, -0.2) is 0 Å². The van der Waals surface area contributed by atoms with E-state index in [0.29, 0.717) is 43.0 Å². The number of nitrogens with zero attached hydrogens (tertiary/aromatic N) is 1. The van der Waals surface area contributed by atoms with Gasteiger partial charge in [-0.1, -0.05) is 6.07 Å². The number of benzene rings is 1. The van der Waals surface area contributed by atoms with Gasteiger partial charge in [0.1, 0.15) is 17.1 Å². The smallest absolute Gasteiger partial charge is 0.261 e. The van der Waals surface area contributed by atoms with Crippen LogP contribution in [-0.2, 0) is 0 Å². The van der Waals surface area contributed by atoms with Gasteiger partial charge in [-0.3, -0.25) is 4.79 Å². The van der Waals surface area contributed by atoms with Crippen molar-refractivity contribution in [3.05, 3.63) is 23.8 Å². The molecule has 0 unspecified atom stereocenters. The van der Waals surface area contributed by atoms with Gasteiger partial charge in [-0.15, -0.1) is 0 Å². The van der Waals surface area contributed by atoms with E-state index in [1.54, 1.807) is 23.1 Å². The fourth-order valence-corrected chi connectivity index (χ4v) is 2.29. The van der Waals surface area contributed by atoms with Crippen molar-refractivity contribution >= 4 is 5.91 Å². The normalized spacial score (nSPS) is 16.3. The van der Waals surface area contributed by atoms with Crippen LogP contribution in [0.2, 0.25) is 0 Å². The van der Waals surface area contributed by atoms with Gasteiger partial charge in [0.25, 0.3) is 5.91 Å². The summed E-state index contributed by atoms with van der Waals surface area (Å²) in [6.07, 6.45) is 0.926. The monoisotopic (exact) mass is 265 g/mol. The summed E-state index contributed by atoms with van der Waals surface area (Å²) in [5.74, 6) is 0.909. The average molecular weight is 265 g/mol. The first-order valence-corrected chi connectivity index (χ1v) is 6.35. The Balaban J connectivity index is 2.27. The second-order valence-electron chi connectivity index (χ2n) is 4.56. The van der Waals surface area contributed by atoms with Crippen LogP contribution in [0.1, 0.15) is 23.2 Å². The van der Waals surface area contributed by atoms with Crippen LogP contribution in [0.4, 0.5) is 0 Å². The third kappa shape index (κ3) is 2.81. The van der Waals surface area contributed by atoms with Crippen LogP contribution in [0, 0.1) is 0 Å². The molecule has 2 rings (SSSR count). The Morgan fingerprint density at radius 3 is 2.21 bits per heavy atom. The van der Waals surface area contributed by atoms with Crippen LogP contribution < -0.4 is 9.47 Å². The van der Waals surface area contributed by atoms with Crippen molar-refractivity contribution in [3.8, 4) is 11.5 Å². The molecule has 0 bridgehead atoms. The lowest BCUT2D eigenvalue weighted by molar-refractivity contribution is 0.0541. The first kappa shape index (κ1) is 13.7. The minimum absolute atomic E-state index is 0.110. The molecule has 19 heavy (non-hydrogen) atoms. The number of carbonyl (C=O) groups is 1. The number of hydrogen-bond acceptors (Lipinski definition) is 4. The van der Waals surface area contributed by atoms with Gasteiger partial charge in [0, 0.05) is 13.1 Å². The van der Waals surface area contributed by atoms with Crippen LogP contribution in [-0.4, -0.2) is 49.3 Å². The molecule has 104 valence electrons. The Hall–Kier alpha value is -1.75. The molecule has 1 saturated heterocycles. The minimum atomic E-state index is -0.302. The molecule has 0 aromatic heterocycles. The quantitative estimate of drug-likeness (QED) is 0.895. The summed E-state index contributed by atoms with van der Waals surface area (Å²) in [7, 11) is 3.07. The lowest BCUT2D eigenvalue weighted by Gasteiger charge is -2.30. The molecule has 0 radical (unpaired) electrons. The molecule has 0 spiro atoms. The SMILES string of the molecule is COc1cccc(OC)c1C(=O)N1CCC(O)CC1. The number of ether oxygens (including phenoxy) is 2. The molecule has 0 atom stereocenters. The van der Waals surface area contributed by atoms with Gasteiger partial charge in [-0.2, -0.15) is 0 Å². The van der Waals surface area contributed by atoms with Gasteiger partial charge in [0.2, 0.25) is 0 Å². The molecule has 1 N–H and O–H groups in total. The number of hydrogen-bond donors (Lipinski definition) is 1. The molecule has 0 saturated carbocycles. The highest BCUT2D eigenvalue weighted by Gasteiger charge is 2.26. The van der Waals surface area contributed by atoms with E-state index in [4.69, 9.17) is 9.47 Å². The number of amides is 1. The molecule has 1 amide bonds. The number of aliphatic hydroxyl groups is 1. The lowest BCUT2D eigenvalue weighted by atomic mass is 10.1. The second-order valence-corrected chi connectivity index (χ2v) is 4.56. The zero-order valence-corrected chi connectivity index (χ0v) is 11.3. The van der Waals surface area contributed by atoms with E-state index in [2.05, 4.69) is 0 Å². The Bertz CT molecular complexity index is 431. The van der Waals surface area contributed by atoms with E-state index in [1.807, 2.05) is 0 Å². The number of carbonyl (C=O) groups excluding carboxylic acids is 1. The molecule has 1 aromatic rings. The van der Waals surface area contributed by atoms with E-state index in [1.165, 1.54) is 14.2 Å². The molecule has 1 aromatic carbocycles. The minimum Gasteiger partial charge on any atom is -0.496 e. The maximum Gasteiger partial charge on any atom is 0.261 e. The number of piperidine rings is 1. The number of rotatable bonds is 3. The van der Waals surface area contributed by atoms with E-state index in [-0.39, 0.29) is 12.0 Å². The first-order chi connectivity index (χ1) is 9.17. The van der Waals surface area contributed by atoms with Gasteiger partial charge in [0.15, 0.2) is 0 Å². The van der Waals surface area contributed by atoms with Crippen LogP contribution in [0.15, 0.2) is 18.2 Å². The van der Waals surface area contributed by atoms with E-state index >= 15 is 0 Å². The Morgan fingerprint density at radius 2 is 1.74 bits per heavy atom. The summed E-state index contributed by atoms with van der Waals surface area (Å²) >= 11 is 0. The summed E-state index contributed by atoms with van der Waals surface area (Å²) in [6.45, 7) is 1.11. The third-order valence-electron chi connectivity index (χ3n) is 3.39. The van der Waals surface area contributed by atoms with Crippen LogP contribution in [0.25, 0.3) is 0 Å². The molecule has 5 heteroatoms. The Kier molecular flexibility index (Phi) is 4.27. The van der Waals surface area contributed by atoms with Crippen molar-refractivity contribution in [2.24, 2.45) is 0 Å². The fraction of sp³-hybridized carbons (Fsp3) is 0.500. The van der Waals surface area contributed by atoms with E-state index in [0.717, 1.165) is 0 Å². The van der Waals surface area contributed by atoms with Gasteiger partial charge >= 0.3 is 0 Å². The van der Waals surface area contributed by atoms with Crippen LogP contribution in [0.3, 0.4) is 0 Å². The predicted molar refractivity (Wildman–Crippen MR) is 70.7 cm³/mol. The zero-order valence-electron chi connectivity index (χ0n) is 11.3. The van der Waals surface area contributed by atoms with Crippen molar-refractivity contribution < 1.29 is 19.4 Å². The Labute approximate surface area is 112 Å². The largest absolute Gasteiger partial charge is 0.496 e. The summed E-state index contributed by atoms with van der Waals surface area (Å²) in [4.78, 5) is 14.3. The van der Waals surface area contributed by atoms with Gasteiger partial charge < -0.3 is 19.5 Å². The molecule has 5 nitrogen and oxygen atoms in total. The van der Waals surface area contributed by atoms with Crippen molar-refractivity contribution in [3.63, 3.8) is 0 Å². The maximum atomic E-state index is 12.6. The highest BCUT2D eigenvalue weighted by Crippen LogP contribution is 2.30. The molecule has 1 aliphatic heterocycles. The van der Waals surface area contributed by atoms with Crippen molar-refractivity contribution in [1.29, 1.82) is 0 Å². The lowest BCUT2D eigenvalue weighted by Crippen LogP contribution is -2.40. The van der Waals surface area contributed by atoms with Crippen molar-refractivity contribution in [1.82, 2.24) is 4.90 Å². The standard InChI is InChI=1S/C14H19NO4/c1-18-11-4-3-5-12(19-2)13(11)14(17)15-8-6-10(16)7-9-15/h3-5,10,16H,6-9H2,1-2H3. The van der Waals surface area contributed by atoms with E-state index < -0.39 is 0 Å². The van der Waals surface area contributed by atoms with Crippen LogP contribution in [0.5, 0.6) is 11.5 Å². The number of likely N-dealkylation sites (tertiary alicyclic amines) is 1. The summed E-state index contributed by atoms with van der Waals surface area (Å²) in [6, 6.07) is 5.28. The van der Waals surface area contributed by atoms with E-state index in [9.17, 15) is 9.90 Å². The highest BCUT2D eigenvalue weighted by atomic mass is 16.5.